The van der Waals surface area contributed by atoms with Gasteiger partial charge in [-0.3, -0.25) is 0 Å². The molecular formula is C15H26N2O2S2. The Labute approximate surface area is 132 Å². The van der Waals surface area contributed by atoms with Crippen LogP contribution >= 0.6 is 11.3 Å². The first-order valence-electron chi connectivity index (χ1n) is 7.51. The van der Waals surface area contributed by atoms with Crippen LogP contribution in [0.25, 0.3) is 0 Å². The van der Waals surface area contributed by atoms with Crippen molar-refractivity contribution in [2.24, 2.45) is 11.8 Å². The number of aryl methyl sites for hydroxylation is 1. The molecule has 0 radical (unpaired) electrons. The Hall–Kier alpha value is -0.460. The molecule has 0 bridgehead atoms. The van der Waals surface area contributed by atoms with Crippen molar-refractivity contribution in [3.63, 3.8) is 0 Å². The number of hydrogen-bond acceptors (Lipinski definition) is 5. The van der Waals surface area contributed by atoms with Crippen molar-refractivity contribution in [3.05, 3.63) is 16.1 Å². The summed E-state index contributed by atoms with van der Waals surface area (Å²) in [6.45, 7) is 9.28. The summed E-state index contributed by atoms with van der Waals surface area (Å²) in [4.78, 5) is 4.54. The zero-order valence-corrected chi connectivity index (χ0v) is 15.0. The number of nitrogens with one attached hydrogen (secondary N) is 1. The van der Waals surface area contributed by atoms with E-state index in [-0.39, 0.29) is 11.5 Å². The molecule has 1 N–H and O–H groups in total. The fourth-order valence-electron chi connectivity index (χ4n) is 2.76. The molecule has 0 spiro atoms. The van der Waals surface area contributed by atoms with Crippen LogP contribution in [-0.4, -0.2) is 37.0 Å². The van der Waals surface area contributed by atoms with E-state index < -0.39 is 9.84 Å². The van der Waals surface area contributed by atoms with Gasteiger partial charge in [-0.1, -0.05) is 0 Å². The number of nitrogens with zero attached hydrogens (tertiary/aromatic N) is 1. The normalized spacial score (nSPS) is 23.3. The van der Waals surface area contributed by atoms with E-state index in [1.165, 1.54) is 0 Å². The molecule has 6 heteroatoms. The van der Waals surface area contributed by atoms with E-state index in [0.717, 1.165) is 30.1 Å². The van der Waals surface area contributed by atoms with Gasteiger partial charge in [-0.25, -0.2) is 13.4 Å². The standard InChI is InChI=1S/C15H26N2O2S2/c1-11-9-20-14(17-11)7-13(8-16-15(2,3)4)12-5-6-21(18,19)10-12/h9,12-13,16H,5-8,10H2,1-4H3. The maximum Gasteiger partial charge on any atom is 0.150 e. The fraction of sp³-hybridized carbons (Fsp3) is 0.800. The van der Waals surface area contributed by atoms with E-state index in [1.54, 1.807) is 11.3 Å². The topological polar surface area (TPSA) is 59.1 Å². The van der Waals surface area contributed by atoms with Gasteiger partial charge in [-0.15, -0.1) is 11.3 Å². The summed E-state index contributed by atoms with van der Waals surface area (Å²) < 4.78 is 23.5. The Morgan fingerprint density at radius 1 is 1.48 bits per heavy atom. The van der Waals surface area contributed by atoms with Crippen molar-refractivity contribution in [1.82, 2.24) is 10.3 Å². The third-order valence-corrected chi connectivity index (χ3v) is 6.72. The smallest absolute Gasteiger partial charge is 0.150 e. The molecule has 2 atom stereocenters. The average molecular weight is 331 g/mol. The molecule has 0 aromatic carbocycles. The molecule has 1 aromatic rings. The summed E-state index contributed by atoms with van der Waals surface area (Å²) in [5, 5.41) is 6.72. The van der Waals surface area contributed by atoms with Crippen LogP contribution in [0.4, 0.5) is 0 Å². The summed E-state index contributed by atoms with van der Waals surface area (Å²) >= 11 is 1.68. The van der Waals surface area contributed by atoms with Crippen molar-refractivity contribution < 1.29 is 8.42 Å². The quantitative estimate of drug-likeness (QED) is 0.901. The van der Waals surface area contributed by atoms with Crippen LogP contribution in [0.1, 0.15) is 37.9 Å². The lowest BCUT2D eigenvalue weighted by atomic mass is 9.88. The van der Waals surface area contributed by atoms with Crippen LogP contribution in [0.3, 0.4) is 0 Å². The molecule has 120 valence electrons. The number of sulfone groups is 1. The van der Waals surface area contributed by atoms with Crippen LogP contribution in [-0.2, 0) is 16.3 Å². The zero-order chi connectivity index (χ0) is 15.7. The lowest BCUT2D eigenvalue weighted by Gasteiger charge is -2.28. The van der Waals surface area contributed by atoms with Gasteiger partial charge in [-0.05, 0) is 52.5 Å². The summed E-state index contributed by atoms with van der Waals surface area (Å²) in [5.74, 6) is 1.29. The lowest BCUT2D eigenvalue weighted by molar-refractivity contribution is 0.301. The van der Waals surface area contributed by atoms with Crippen molar-refractivity contribution in [2.75, 3.05) is 18.1 Å². The molecule has 0 amide bonds. The molecule has 0 aliphatic carbocycles. The summed E-state index contributed by atoms with van der Waals surface area (Å²) in [5.41, 5.74) is 1.10. The Morgan fingerprint density at radius 3 is 2.67 bits per heavy atom. The van der Waals surface area contributed by atoms with Crippen LogP contribution in [0.15, 0.2) is 5.38 Å². The van der Waals surface area contributed by atoms with Crippen molar-refractivity contribution >= 4 is 21.2 Å². The molecule has 2 heterocycles. The van der Waals surface area contributed by atoms with E-state index in [0.29, 0.717) is 17.4 Å². The first-order valence-corrected chi connectivity index (χ1v) is 10.2. The number of hydrogen-bond donors (Lipinski definition) is 1. The SMILES string of the molecule is Cc1csc(CC(CNC(C)(C)C)C2CCS(=O)(=O)C2)n1. The van der Waals surface area contributed by atoms with Crippen LogP contribution in [0, 0.1) is 18.8 Å². The molecule has 2 unspecified atom stereocenters. The zero-order valence-electron chi connectivity index (χ0n) is 13.3. The third kappa shape index (κ3) is 5.34. The predicted octanol–water partition coefficient (Wildman–Crippen LogP) is 2.43. The van der Waals surface area contributed by atoms with Crippen LogP contribution in [0.2, 0.25) is 0 Å². The molecule has 1 saturated heterocycles. The summed E-state index contributed by atoms with van der Waals surface area (Å²) in [6.07, 6.45) is 1.67. The molecule has 2 rings (SSSR count). The number of thiazole rings is 1. The van der Waals surface area contributed by atoms with Gasteiger partial charge in [0.05, 0.1) is 16.5 Å². The minimum atomic E-state index is -2.83. The first-order chi connectivity index (χ1) is 9.65. The van der Waals surface area contributed by atoms with Gasteiger partial charge in [0.25, 0.3) is 0 Å². The van der Waals surface area contributed by atoms with Crippen LogP contribution < -0.4 is 5.32 Å². The summed E-state index contributed by atoms with van der Waals surface area (Å²) in [7, 11) is -2.83. The molecule has 1 aromatic heterocycles. The largest absolute Gasteiger partial charge is 0.312 e. The fourth-order valence-corrected chi connectivity index (χ4v) is 5.55. The van der Waals surface area contributed by atoms with E-state index in [9.17, 15) is 8.42 Å². The van der Waals surface area contributed by atoms with Gasteiger partial charge >= 0.3 is 0 Å². The number of aromatic nitrogens is 1. The second-order valence-electron chi connectivity index (χ2n) is 7.14. The molecule has 21 heavy (non-hydrogen) atoms. The highest BCUT2D eigenvalue weighted by Crippen LogP contribution is 2.29. The second kappa shape index (κ2) is 6.34. The average Bonchev–Trinajstić information content (AvgIpc) is 2.89. The lowest BCUT2D eigenvalue weighted by Crippen LogP contribution is -2.41. The molecule has 1 aliphatic heterocycles. The molecule has 4 nitrogen and oxygen atoms in total. The minimum absolute atomic E-state index is 0.0501. The van der Waals surface area contributed by atoms with E-state index in [1.807, 2.05) is 6.92 Å². The van der Waals surface area contributed by atoms with Crippen molar-refractivity contribution in [3.8, 4) is 0 Å². The van der Waals surface area contributed by atoms with E-state index in [4.69, 9.17) is 0 Å². The predicted molar refractivity (Wildman–Crippen MR) is 88.6 cm³/mol. The Kier molecular flexibility index (Phi) is 5.11. The maximum absolute atomic E-state index is 11.8. The van der Waals surface area contributed by atoms with Gasteiger partial charge in [0.15, 0.2) is 9.84 Å². The molecule has 1 fully saturated rings. The van der Waals surface area contributed by atoms with Crippen molar-refractivity contribution in [1.29, 1.82) is 0 Å². The van der Waals surface area contributed by atoms with E-state index in [2.05, 4.69) is 36.5 Å². The summed E-state index contributed by atoms with van der Waals surface area (Å²) in [6, 6.07) is 0. The van der Waals surface area contributed by atoms with Gasteiger partial charge in [0.2, 0.25) is 0 Å². The number of rotatable bonds is 5. The van der Waals surface area contributed by atoms with Gasteiger partial charge < -0.3 is 5.32 Å². The highest BCUT2D eigenvalue weighted by molar-refractivity contribution is 7.91. The van der Waals surface area contributed by atoms with Gasteiger partial charge in [0, 0.05) is 23.0 Å². The third-order valence-electron chi connectivity index (χ3n) is 3.93. The minimum Gasteiger partial charge on any atom is -0.312 e. The van der Waals surface area contributed by atoms with Gasteiger partial charge in [0.1, 0.15) is 0 Å². The van der Waals surface area contributed by atoms with E-state index >= 15 is 0 Å². The molecule has 1 aliphatic rings. The highest BCUT2D eigenvalue weighted by Gasteiger charge is 2.34. The van der Waals surface area contributed by atoms with Crippen molar-refractivity contribution in [2.45, 2.75) is 46.1 Å². The van der Waals surface area contributed by atoms with Crippen LogP contribution in [0.5, 0.6) is 0 Å². The first kappa shape index (κ1) is 16.9. The monoisotopic (exact) mass is 330 g/mol. The molecule has 0 saturated carbocycles. The van der Waals surface area contributed by atoms with Gasteiger partial charge in [-0.2, -0.15) is 0 Å². The molecular weight excluding hydrogens is 304 g/mol. The Morgan fingerprint density at radius 2 is 2.19 bits per heavy atom. The highest BCUT2D eigenvalue weighted by atomic mass is 32.2. The Bertz CT molecular complexity index is 573. The maximum atomic E-state index is 11.8. The Balaban J connectivity index is 2.06. The second-order valence-corrected chi connectivity index (χ2v) is 10.3.